The van der Waals surface area contributed by atoms with Gasteiger partial charge in [-0.05, 0) is 10.4 Å². The molecule has 0 saturated carbocycles. The van der Waals surface area contributed by atoms with Crippen molar-refractivity contribution in [1.82, 2.24) is 60.8 Å². The molecule has 0 spiro atoms. The average Bonchev–Trinajstić information content (AvgIpc) is 3.20. The fourth-order valence-electron chi connectivity index (χ4n) is 1.62. The quantitative estimate of drug-likeness (QED) is 0.368. The highest BCUT2D eigenvalue weighted by Gasteiger charge is 2.10. The van der Waals surface area contributed by atoms with E-state index in [1.807, 2.05) is 0 Å². The highest BCUT2D eigenvalue weighted by Crippen LogP contribution is 2.03. The van der Waals surface area contributed by atoms with E-state index in [4.69, 9.17) is 10.2 Å². The second kappa shape index (κ2) is 7.38. The number of rotatable bonds is 8. The maximum absolute atomic E-state index is 8.79. The maximum atomic E-state index is 8.79. The number of anilines is 2. The second-order valence-electron chi connectivity index (χ2n) is 4.40. The fourth-order valence-corrected chi connectivity index (χ4v) is 1.62. The lowest BCUT2D eigenvalue weighted by molar-refractivity contribution is 0.258. The van der Waals surface area contributed by atoms with Crippen LogP contribution in [0.5, 0.6) is 0 Å². The second-order valence-corrected chi connectivity index (χ2v) is 4.40. The Bertz CT molecular complexity index is 703. The first-order valence-electron chi connectivity index (χ1n) is 6.86. The van der Waals surface area contributed by atoms with Crippen molar-refractivity contribution in [2.24, 2.45) is 0 Å². The number of aliphatic hydroxyl groups is 2. The standard InChI is InChI=1S/C9H13N13O2/c23-3-1-21-17-7(13-19-21)5-6-11-14-8(15-12-6)10-9-16-20-22(18-9)2-4-24/h23-24H,1-5H2,(H,10,14,15,18). The van der Waals surface area contributed by atoms with Gasteiger partial charge in [0.1, 0.15) is 0 Å². The lowest BCUT2D eigenvalue weighted by Gasteiger charge is -1.98. The molecule has 3 rings (SSSR count). The predicted molar refractivity (Wildman–Crippen MR) is 73.5 cm³/mol. The van der Waals surface area contributed by atoms with Crippen molar-refractivity contribution in [3.63, 3.8) is 0 Å². The molecule has 0 aliphatic heterocycles. The van der Waals surface area contributed by atoms with E-state index in [2.05, 4.69) is 56.5 Å². The lowest BCUT2D eigenvalue weighted by Crippen LogP contribution is -2.09. The van der Waals surface area contributed by atoms with Gasteiger partial charge in [0.05, 0.1) is 32.7 Å². The van der Waals surface area contributed by atoms with E-state index in [0.717, 1.165) is 0 Å². The Morgan fingerprint density at radius 1 is 0.708 bits per heavy atom. The monoisotopic (exact) mass is 335 g/mol. The number of nitrogens with zero attached hydrogens (tertiary/aromatic N) is 12. The molecular formula is C9H13N13O2. The Labute approximate surface area is 133 Å². The van der Waals surface area contributed by atoms with Crippen LogP contribution in [0.25, 0.3) is 0 Å². The average molecular weight is 335 g/mol. The molecule has 15 heteroatoms. The van der Waals surface area contributed by atoms with Crippen LogP contribution in [0.3, 0.4) is 0 Å². The molecule has 0 aromatic carbocycles. The summed E-state index contributed by atoms with van der Waals surface area (Å²) in [6, 6.07) is 0. The molecule has 0 amide bonds. The van der Waals surface area contributed by atoms with Gasteiger partial charge < -0.3 is 10.2 Å². The van der Waals surface area contributed by atoms with Gasteiger partial charge in [0.25, 0.3) is 11.9 Å². The van der Waals surface area contributed by atoms with Crippen molar-refractivity contribution in [2.75, 3.05) is 18.5 Å². The molecule has 0 aliphatic carbocycles. The van der Waals surface area contributed by atoms with Crippen molar-refractivity contribution in [3.05, 3.63) is 11.6 Å². The van der Waals surface area contributed by atoms with Gasteiger partial charge in [-0.1, -0.05) is 5.10 Å². The molecule has 3 aromatic heterocycles. The Kier molecular flexibility index (Phi) is 4.82. The molecule has 126 valence electrons. The van der Waals surface area contributed by atoms with Gasteiger partial charge in [0.15, 0.2) is 11.6 Å². The minimum absolute atomic E-state index is 0.0767. The minimum atomic E-state index is -0.0962. The Morgan fingerprint density at radius 3 is 2.08 bits per heavy atom. The maximum Gasteiger partial charge on any atom is 0.270 e. The highest BCUT2D eigenvalue weighted by atomic mass is 16.3. The SMILES string of the molecule is OCCn1nnc(Cc2nnc(Nc3nnn(CCO)n3)nn2)n1. The molecule has 0 unspecified atom stereocenters. The van der Waals surface area contributed by atoms with Gasteiger partial charge in [0, 0.05) is 0 Å². The van der Waals surface area contributed by atoms with E-state index in [-0.39, 0.29) is 44.6 Å². The Morgan fingerprint density at radius 2 is 1.38 bits per heavy atom. The molecule has 0 saturated heterocycles. The van der Waals surface area contributed by atoms with E-state index in [1.165, 1.54) is 9.59 Å². The summed E-state index contributed by atoms with van der Waals surface area (Å²) in [6.07, 6.45) is 0.205. The highest BCUT2D eigenvalue weighted by molar-refractivity contribution is 5.38. The largest absolute Gasteiger partial charge is 0.394 e. The van der Waals surface area contributed by atoms with Crippen molar-refractivity contribution < 1.29 is 10.2 Å². The third kappa shape index (κ3) is 3.96. The molecule has 15 nitrogen and oxygen atoms in total. The topological polar surface area (TPSA) is 191 Å². The number of aliphatic hydroxyl groups excluding tert-OH is 2. The molecule has 24 heavy (non-hydrogen) atoms. The minimum Gasteiger partial charge on any atom is -0.394 e. The first-order valence-corrected chi connectivity index (χ1v) is 6.86. The normalized spacial score (nSPS) is 10.9. The van der Waals surface area contributed by atoms with Gasteiger partial charge in [-0.15, -0.1) is 35.7 Å². The van der Waals surface area contributed by atoms with Crippen LogP contribution in [0.15, 0.2) is 0 Å². The summed E-state index contributed by atoms with van der Waals surface area (Å²) < 4.78 is 0. The number of hydrogen-bond acceptors (Lipinski definition) is 13. The summed E-state index contributed by atoms with van der Waals surface area (Å²) >= 11 is 0. The number of aromatic nitrogens is 12. The van der Waals surface area contributed by atoms with E-state index >= 15 is 0 Å². The Balaban J connectivity index is 1.59. The first-order chi connectivity index (χ1) is 11.8. The van der Waals surface area contributed by atoms with Crippen molar-refractivity contribution in [2.45, 2.75) is 19.5 Å². The molecule has 0 aliphatic rings. The van der Waals surface area contributed by atoms with Crippen molar-refractivity contribution >= 4 is 11.9 Å². The van der Waals surface area contributed by atoms with E-state index in [1.54, 1.807) is 0 Å². The molecule has 0 atom stereocenters. The van der Waals surface area contributed by atoms with Crippen LogP contribution >= 0.6 is 0 Å². The summed E-state index contributed by atoms with van der Waals surface area (Å²) in [7, 11) is 0. The van der Waals surface area contributed by atoms with Gasteiger partial charge in [-0.25, -0.2) is 0 Å². The third-order valence-electron chi connectivity index (χ3n) is 2.61. The van der Waals surface area contributed by atoms with Crippen LogP contribution in [0.2, 0.25) is 0 Å². The number of nitrogens with one attached hydrogen (secondary N) is 1. The van der Waals surface area contributed by atoms with Crippen LogP contribution in [0.4, 0.5) is 11.9 Å². The zero-order valence-electron chi connectivity index (χ0n) is 12.3. The van der Waals surface area contributed by atoms with Crippen molar-refractivity contribution in [1.29, 1.82) is 0 Å². The molecule has 0 radical (unpaired) electrons. The summed E-state index contributed by atoms with van der Waals surface area (Å²) in [5, 5.41) is 58.7. The van der Waals surface area contributed by atoms with Crippen LogP contribution < -0.4 is 5.32 Å². The fraction of sp³-hybridized carbons (Fsp3) is 0.556. The Hall–Kier alpha value is -3.20. The summed E-state index contributed by atoms with van der Waals surface area (Å²) in [4.78, 5) is 2.49. The zero-order valence-corrected chi connectivity index (χ0v) is 12.3. The number of tetrazole rings is 2. The molecule has 3 N–H and O–H groups in total. The van der Waals surface area contributed by atoms with Crippen LogP contribution in [-0.2, 0) is 19.5 Å². The molecule has 0 bridgehead atoms. The molecular weight excluding hydrogens is 322 g/mol. The van der Waals surface area contributed by atoms with E-state index in [0.29, 0.717) is 11.6 Å². The molecule has 3 aromatic rings. The zero-order chi connectivity index (χ0) is 16.8. The van der Waals surface area contributed by atoms with Gasteiger partial charge in [-0.3, -0.25) is 5.32 Å². The summed E-state index contributed by atoms with van der Waals surface area (Å²) in [6.45, 7) is 0.319. The van der Waals surface area contributed by atoms with E-state index in [9.17, 15) is 0 Å². The van der Waals surface area contributed by atoms with E-state index < -0.39 is 0 Å². The van der Waals surface area contributed by atoms with Gasteiger partial charge in [-0.2, -0.15) is 9.59 Å². The van der Waals surface area contributed by atoms with Gasteiger partial charge in [0.2, 0.25) is 0 Å². The summed E-state index contributed by atoms with van der Waals surface area (Å²) in [5.41, 5.74) is 0. The third-order valence-corrected chi connectivity index (χ3v) is 2.61. The van der Waals surface area contributed by atoms with Crippen LogP contribution in [0, 0.1) is 0 Å². The lowest BCUT2D eigenvalue weighted by atomic mass is 10.4. The predicted octanol–water partition coefficient (Wildman–Crippen LogP) is -3.44. The first kappa shape index (κ1) is 15.7. The van der Waals surface area contributed by atoms with Crippen LogP contribution in [0.1, 0.15) is 11.6 Å². The summed E-state index contributed by atoms with van der Waals surface area (Å²) in [5.74, 6) is 0.954. The molecule has 0 fully saturated rings. The smallest absolute Gasteiger partial charge is 0.270 e. The molecule has 3 heterocycles. The number of hydrogen-bond donors (Lipinski definition) is 3. The van der Waals surface area contributed by atoms with Crippen molar-refractivity contribution in [3.8, 4) is 0 Å². The van der Waals surface area contributed by atoms with Gasteiger partial charge >= 0.3 is 0 Å². The van der Waals surface area contributed by atoms with Crippen LogP contribution in [-0.4, -0.2) is 84.2 Å².